The zero-order chi connectivity index (χ0) is 13.5. The van der Waals surface area contributed by atoms with E-state index >= 15 is 0 Å². The van der Waals surface area contributed by atoms with Gasteiger partial charge >= 0.3 is 6.03 Å². The van der Waals surface area contributed by atoms with Gasteiger partial charge in [0.2, 0.25) is 5.88 Å². The number of nitrogens with zero attached hydrogens (tertiary/aromatic N) is 1. The van der Waals surface area contributed by atoms with E-state index in [2.05, 4.69) is 15.6 Å². The Labute approximate surface area is 115 Å². The lowest BCUT2D eigenvalue weighted by molar-refractivity contribution is 0.240. The summed E-state index contributed by atoms with van der Waals surface area (Å²) in [5.41, 5.74) is 0.844. The second-order valence-electron chi connectivity index (χ2n) is 3.79. The van der Waals surface area contributed by atoms with Crippen LogP contribution in [0.4, 0.5) is 4.79 Å². The molecule has 100 valence electrons. The van der Waals surface area contributed by atoms with Crippen LogP contribution in [0.1, 0.15) is 10.4 Å². The third kappa shape index (κ3) is 3.96. The maximum absolute atomic E-state index is 11.6. The van der Waals surface area contributed by atoms with Gasteiger partial charge in [0.1, 0.15) is 0 Å². The second-order valence-corrected chi connectivity index (χ2v) is 4.82. The van der Waals surface area contributed by atoms with Crippen molar-refractivity contribution in [1.29, 1.82) is 0 Å². The number of thiophene rings is 1. The highest BCUT2D eigenvalue weighted by Gasteiger charge is 2.05. The van der Waals surface area contributed by atoms with Crippen LogP contribution in [0.25, 0.3) is 0 Å². The summed E-state index contributed by atoms with van der Waals surface area (Å²) < 4.78 is 5.12. The molecule has 2 aromatic rings. The number of hydrogen-bond donors (Lipinski definition) is 2. The first kappa shape index (κ1) is 13.4. The summed E-state index contributed by atoms with van der Waals surface area (Å²) in [4.78, 5) is 16.8. The number of rotatable bonds is 5. The van der Waals surface area contributed by atoms with Crippen LogP contribution in [-0.2, 0) is 13.1 Å². The number of ether oxygens (including phenoxy) is 1. The zero-order valence-electron chi connectivity index (χ0n) is 10.6. The zero-order valence-corrected chi connectivity index (χ0v) is 11.4. The average molecular weight is 277 g/mol. The van der Waals surface area contributed by atoms with Crippen LogP contribution < -0.4 is 15.4 Å². The van der Waals surface area contributed by atoms with Gasteiger partial charge in [0.05, 0.1) is 13.7 Å². The summed E-state index contributed by atoms with van der Waals surface area (Å²) in [5.74, 6) is 0.529. The molecule has 0 aliphatic rings. The summed E-state index contributed by atoms with van der Waals surface area (Å²) in [5, 5.41) is 7.54. The van der Waals surface area contributed by atoms with Crippen molar-refractivity contribution in [2.75, 3.05) is 7.11 Å². The van der Waals surface area contributed by atoms with E-state index in [-0.39, 0.29) is 6.03 Å². The molecule has 0 fully saturated rings. The molecule has 0 radical (unpaired) electrons. The monoisotopic (exact) mass is 277 g/mol. The Kier molecular flexibility index (Phi) is 4.74. The lowest BCUT2D eigenvalue weighted by atomic mass is 10.3. The van der Waals surface area contributed by atoms with Crippen molar-refractivity contribution >= 4 is 17.4 Å². The SMILES string of the molecule is COc1ncccc1CNC(=O)NCc1cccs1. The molecule has 0 saturated carbocycles. The maximum Gasteiger partial charge on any atom is 0.315 e. The molecule has 0 unspecified atom stereocenters. The molecular weight excluding hydrogens is 262 g/mol. The fourth-order valence-electron chi connectivity index (χ4n) is 1.56. The molecule has 2 amide bonds. The molecule has 2 rings (SSSR count). The van der Waals surface area contributed by atoms with E-state index in [9.17, 15) is 4.79 Å². The predicted octanol–water partition coefficient (Wildman–Crippen LogP) is 2.15. The number of hydrogen-bond acceptors (Lipinski definition) is 4. The van der Waals surface area contributed by atoms with Crippen LogP contribution in [0.2, 0.25) is 0 Å². The van der Waals surface area contributed by atoms with Crippen LogP contribution in [0, 0.1) is 0 Å². The highest BCUT2D eigenvalue weighted by Crippen LogP contribution is 2.12. The van der Waals surface area contributed by atoms with Crippen molar-refractivity contribution in [2.24, 2.45) is 0 Å². The Balaban J connectivity index is 1.80. The summed E-state index contributed by atoms with van der Waals surface area (Å²) in [7, 11) is 1.56. The van der Waals surface area contributed by atoms with E-state index in [0.717, 1.165) is 10.4 Å². The minimum Gasteiger partial charge on any atom is -0.481 e. The van der Waals surface area contributed by atoms with Gasteiger partial charge in [0, 0.05) is 23.2 Å². The van der Waals surface area contributed by atoms with Crippen molar-refractivity contribution < 1.29 is 9.53 Å². The molecule has 2 heterocycles. The average Bonchev–Trinajstić information content (AvgIpc) is 2.96. The summed E-state index contributed by atoms with van der Waals surface area (Å²) >= 11 is 1.61. The van der Waals surface area contributed by atoms with Crippen molar-refractivity contribution in [3.05, 3.63) is 46.3 Å². The van der Waals surface area contributed by atoms with Crippen molar-refractivity contribution in [3.63, 3.8) is 0 Å². The van der Waals surface area contributed by atoms with Gasteiger partial charge in [-0.1, -0.05) is 12.1 Å². The summed E-state index contributed by atoms with van der Waals surface area (Å²) in [6.07, 6.45) is 1.65. The van der Waals surface area contributed by atoms with Crippen LogP contribution in [0.15, 0.2) is 35.8 Å². The van der Waals surface area contributed by atoms with Crippen molar-refractivity contribution in [3.8, 4) is 5.88 Å². The largest absolute Gasteiger partial charge is 0.481 e. The highest BCUT2D eigenvalue weighted by atomic mass is 32.1. The number of aromatic nitrogens is 1. The van der Waals surface area contributed by atoms with E-state index in [1.807, 2.05) is 29.6 Å². The number of amides is 2. The van der Waals surface area contributed by atoms with E-state index in [1.54, 1.807) is 24.6 Å². The lowest BCUT2D eigenvalue weighted by Crippen LogP contribution is -2.34. The Morgan fingerprint density at radius 3 is 2.89 bits per heavy atom. The molecule has 6 heteroatoms. The van der Waals surface area contributed by atoms with E-state index < -0.39 is 0 Å². The third-order valence-electron chi connectivity index (χ3n) is 2.49. The fourth-order valence-corrected chi connectivity index (χ4v) is 2.21. The number of methoxy groups -OCH3 is 1. The standard InChI is InChI=1S/C13H15N3O2S/c1-18-12-10(4-2-6-14-12)8-15-13(17)16-9-11-5-3-7-19-11/h2-7H,8-9H2,1H3,(H2,15,16,17). The third-order valence-corrected chi connectivity index (χ3v) is 3.36. The van der Waals surface area contributed by atoms with Gasteiger partial charge in [-0.3, -0.25) is 0 Å². The number of carbonyl (C=O) groups is 1. The van der Waals surface area contributed by atoms with E-state index in [4.69, 9.17) is 4.74 Å². The Hall–Kier alpha value is -2.08. The van der Waals surface area contributed by atoms with Gasteiger partial charge < -0.3 is 15.4 Å². The van der Waals surface area contributed by atoms with Crippen LogP contribution >= 0.6 is 11.3 Å². The Morgan fingerprint density at radius 1 is 1.32 bits per heavy atom. The van der Waals surface area contributed by atoms with Gasteiger partial charge in [-0.15, -0.1) is 11.3 Å². The highest BCUT2D eigenvalue weighted by molar-refractivity contribution is 7.09. The minimum atomic E-state index is -0.209. The van der Waals surface area contributed by atoms with Gasteiger partial charge in [-0.25, -0.2) is 9.78 Å². The smallest absolute Gasteiger partial charge is 0.315 e. The number of pyridine rings is 1. The molecule has 0 bridgehead atoms. The van der Waals surface area contributed by atoms with E-state index in [1.165, 1.54) is 0 Å². The Bertz CT molecular complexity index is 528. The lowest BCUT2D eigenvalue weighted by Gasteiger charge is -2.09. The first-order valence-electron chi connectivity index (χ1n) is 5.81. The predicted molar refractivity (Wildman–Crippen MR) is 74.2 cm³/mol. The molecule has 0 aliphatic carbocycles. The molecule has 5 nitrogen and oxygen atoms in total. The summed E-state index contributed by atoms with van der Waals surface area (Å²) in [6, 6.07) is 7.41. The quantitative estimate of drug-likeness (QED) is 0.880. The number of urea groups is 1. The molecule has 0 aromatic carbocycles. The van der Waals surface area contributed by atoms with Gasteiger partial charge in [-0.05, 0) is 17.5 Å². The molecule has 0 atom stereocenters. The van der Waals surface area contributed by atoms with Crippen LogP contribution in [-0.4, -0.2) is 18.1 Å². The van der Waals surface area contributed by atoms with E-state index in [0.29, 0.717) is 19.0 Å². The second kappa shape index (κ2) is 6.75. The van der Waals surface area contributed by atoms with Gasteiger partial charge in [0.25, 0.3) is 0 Å². The number of carbonyl (C=O) groups excluding carboxylic acids is 1. The normalized spacial score (nSPS) is 9.95. The molecule has 19 heavy (non-hydrogen) atoms. The first-order chi connectivity index (χ1) is 9.29. The van der Waals surface area contributed by atoms with Gasteiger partial charge in [-0.2, -0.15) is 0 Å². The topological polar surface area (TPSA) is 63.2 Å². The fraction of sp³-hybridized carbons (Fsp3) is 0.231. The van der Waals surface area contributed by atoms with Crippen molar-refractivity contribution in [1.82, 2.24) is 15.6 Å². The summed E-state index contributed by atoms with van der Waals surface area (Å²) in [6.45, 7) is 0.918. The van der Waals surface area contributed by atoms with Gasteiger partial charge in [0.15, 0.2) is 0 Å². The first-order valence-corrected chi connectivity index (χ1v) is 6.69. The minimum absolute atomic E-state index is 0.209. The maximum atomic E-state index is 11.6. The molecule has 0 spiro atoms. The molecule has 2 aromatic heterocycles. The molecular formula is C13H15N3O2S. The number of nitrogens with one attached hydrogen (secondary N) is 2. The molecule has 0 saturated heterocycles. The molecule has 0 aliphatic heterocycles. The molecule has 2 N–H and O–H groups in total. The van der Waals surface area contributed by atoms with Crippen LogP contribution in [0.3, 0.4) is 0 Å². The van der Waals surface area contributed by atoms with Crippen LogP contribution in [0.5, 0.6) is 5.88 Å². The Morgan fingerprint density at radius 2 is 2.16 bits per heavy atom. The van der Waals surface area contributed by atoms with Crippen molar-refractivity contribution in [2.45, 2.75) is 13.1 Å².